The van der Waals surface area contributed by atoms with Crippen LogP contribution in [0.5, 0.6) is 0 Å². The van der Waals surface area contributed by atoms with E-state index in [0.717, 1.165) is 6.42 Å². The van der Waals surface area contributed by atoms with Crippen LogP contribution in [0.3, 0.4) is 0 Å². The maximum atomic E-state index is 11.6. The van der Waals surface area contributed by atoms with Crippen LogP contribution in [0.15, 0.2) is 24.3 Å². The first kappa shape index (κ1) is 16.0. The standard InChI is InChI=1S/C15H22N2O3/c1-4-15(2,3)17-13(18)10-20-14(19)9-11-7-5-6-8-12(11)16/h5-8H,4,9-10,16H2,1-3H3,(H,17,18). The average molecular weight is 278 g/mol. The van der Waals surface area contributed by atoms with Gasteiger partial charge >= 0.3 is 5.97 Å². The highest BCUT2D eigenvalue weighted by molar-refractivity contribution is 5.82. The van der Waals surface area contributed by atoms with Gasteiger partial charge in [0.15, 0.2) is 6.61 Å². The van der Waals surface area contributed by atoms with Gasteiger partial charge in [0, 0.05) is 11.2 Å². The molecule has 3 N–H and O–H groups in total. The molecule has 1 amide bonds. The summed E-state index contributed by atoms with van der Waals surface area (Å²) in [6.45, 7) is 5.54. The Morgan fingerprint density at radius 2 is 1.95 bits per heavy atom. The monoisotopic (exact) mass is 278 g/mol. The number of nitrogens with one attached hydrogen (secondary N) is 1. The van der Waals surface area contributed by atoms with Crippen LogP contribution in [-0.4, -0.2) is 24.0 Å². The highest BCUT2D eigenvalue weighted by Gasteiger charge is 2.18. The summed E-state index contributed by atoms with van der Waals surface area (Å²) in [4.78, 5) is 23.3. The number of benzene rings is 1. The van der Waals surface area contributed by atoms with Crippen molar-refractivity contribution in [2.24, 2.45) is 0 Å². The number of anilines is 1. The molecule has 0 aliphatic carbocycles. The number of ether oxygens (including phenoxy) is 1. The van der Waals surface area contributed by atoms with Crippen molar-refractivity contribution in [1.82, 2.24) is 5.32 Å². The summed E-state index contributed by atoms with van der Waals surface area (Å²) in [5.74, 6) is -0.765. The van der Waals surface area contributed by atoms with Gasteiger partial charge in [-0.3, -0.25) is 9.59 Å². The van der Waals surface area contributed by atoms with Gasteiger partial charge in [-0.25, -0.2) is 0 Å². The van der Waals surface area contributed by atoms with Crippen molar-refractivity contribution >= 4 is 17.6 Å². The predicted octanol–water partition coefficient (Wildman–Crippen LogP) is 1.66. The van der Waals surface area contributed by atoms with Gasteiger partial charge in [-0.1, -0.05) is 25.1 Å². The molecule has 1 aromatic carbocycles. The van der Waals surface area contributed by atoms with E-state index in [0.29, 0.717) is 11.3 Å². The number of esters is 1. The molecule has 0 heterocycles. The second-order valence-corrected chi connectivity index (χ2v) is 5.32. The Morgan fingerprint density at radius 3 is 2.55 bits per heavy atom. The van der Waals surface area contributed by atoms with Gasteiger partial charge in [0.25, 0.3) is 5.91 Å². The number of rotatable bonds is 6. The summed E-state index contributed by atoms with van der Waals surface area (Å²) in [7, 11) is 0. The molecule has 1 rings (SSSR count). The Labute approximate surface area is 119 Å². The first-order chi connectivity index (χ1) is 9.34. The Balaban J connectivity index is 2.41. The van der Waals surface area contributed by atoms with Crippen molar-refractivity contribution in [2.75, 3.05) is 12.3 Å². The number of carbonyl (C=O) groups is 2. The minimum Gasteiger partial charge on any atom is -0.455 e. The largest absolute Gasteiger partial charge is 0.455 e. The van der Waals surface area contributed by atoms with Crippen molar-refractivity contribution in [1.29, 1.82) is 0 Å². The SMILES string of the molecule is CCC(C)(C)NC(=O)COC(=O)Cc1ccccc1N. The van der Waals surface area contributed by atoms with Crippen molar-refractivity contribution < 1.29 is 14.3 Å². The quantitative estimate of drug-likeness (QED) is 0.612. The normalized spacial score (nSPS) is 10.9. The van der Waals surface area contributed by atoms with E-state index in [9.17, 15) is 9.59 Å². The minimum absolute atomic E-state index is 0.0666. The topological polar surface area (TPSA) is 81.4 Å². The van der Waals surface area contributed by atoms with E-state index < -0.39 is 5.97 Å². The third-order valence-corrected chi connectivity index (χ3v) is 3.12. The van der Waals surface area contributed by atoms with Gasteiger partial charge in [-0.2, -0.15) is 0 Å². The molecule has 0 unspecified atom stereocenters. The third-order valence-electron chi connectivity index (χ3n) is 3.12. The molecule has 20 heavy (non-hydrogen) atoms. The summed E-state index contributed by atoms with van der Waals surface area (Å²) in [5.41, 5.74) is 6.68. The first-order valence-corrected chi connectivity index (χ1v) is 6.64. The van der Waals surface area contributed by atoms with Crippen molar-refractivity contribution in [2.45, 2.75) is 39.2 Å². The lowest BCUT2D eigenvalue weighted by Crippen LogP contribution is -2.44. The van der Waals surface area contributed by atoms with Crippen molar-refractivity contribution in [3.63, 3.8) is 0 Å². The average Bonchev–Trinajstić information content (AvgIpc) is 2.39. The van der Waals surface area contributed by atoms with Gasteiger partial charge < -0.3 is 15.8 Å². The molecule has 0 spiro atoms. The van der Waals surface area contributed by atoms with Crippen molar-refractivity contribution in [3.8, 4) is 0 Å². The zero-order chi connectivity index (χ0) is 15.2. The Kier molecular flexibility index (Phi) is 5.55. The summed E-state index contributed by atoms with van der Waals surface area (Å²) in [6, 6.07) is 7.08. The smallest absolute Gasteiger partial charge is 0.310 e. The lowest BCUT2D eigenvalue weighted by Gasteiger charge is -2.24. The van der Waals surface area contributed by atoms with E-state index in [1.54, 1.807) is 24.3 Å². The van der Waals surface area contributed by atoms with E-state index in [4.69, 9.17) is 10.5 Å². The molecule has 5 nitrogen and oxygen atoms in total. The van der Waals surface area contributed by atoms with Crippen LogP contribution in [-0.2, 0) is 20.7 Å². The van der Waals surface area contributed by atoms with E-state index in [1.165, 1.54) is 0 Å². The predicted molar refractivity (Wildman–Crippen MR) is 78.0 cm³/mol. The second kappa shape index (κ2) is 6.93. The molecule has 0 aliphatic heterocycles. The Bertz CT molecular complexity index is 484. The van der Waals surface area contributed by atoms with Gasteiger partial charge in [0.2, 0.25) is 0 Å². The summed E-state index contributed by atoms with van der Waals surface area (Å²) >= 11 is 0. The highest BCUT2D eigenvalue weighted by atomic mass is 16.5. The van der Waals surface area contributed by atoms with Crippen molar-refractivity contribution in [3.05, 3.63) is 29.8 Å². The lowest BCUT2D eigenvalue weighted by molar-refractivity contribution is -0.148. The molecule has 110 valence electrons. The Morgan fingerprint density at radius 1 is 1.30 bits per heavy atom. The molecule has 0 radical (unpaired) electrons. The fourth-order valence-electron chi connectivity index (χ4n) is 1.55. The molecule has 0 fully saturated rings. The molecule has 0 aliphatic rings. The number of nitrogens with two attached hydrogens (primary N) is 1. The maximum absolute atomic E-state index is 11.6. The molecule has 0 aromatic heterocycles. The van der Waals surface area contributed by atoms with Gasteiger partial charge in [-0.05, 0) is 31.9 Å². The number of amides is 1. The van der Waals surface area contributed by atoms with E-state index >= 15 is 0 Å². The van der Waals surface area contributed by atoms with Crippen LogP contribution in [0.1, 0.15) is 32.8 Å². The fraction of sp³-hybridized carbons (Fsp3) is 0.467. The van der Waals surface area contributed by atoms with E-state index in [-0.39, 0.29) is 24.5 Å². The van der Waals surface area contributed by atoms with Gasteiger partial charge in [0.1, 0.15) is 0 Å². The van der Waals surface area contributed by atoms with Crippen LogP contribution in [0.2, 0.25) is 0 Å². The summed E-state index contributed by atoms with van der Waals surface area (Å²) < 4.78 is 4.95. The van der Waals surface area contributed by atoms with Gasteiger partial charge in [-0.15, -0.1) is 0 Å². The molecule has 5 heteroatoms. The highest BCUT2D eigenvalue weighted by Crippen LogP contribution is 2.11. The lowest BCUT2D eigenvalue weighted by atomic mass is 10.0. The number of para-hydroxylation sites is 1. The second-order valence-electron chi connectivity index (χ2n) is 5.32. The van der Waals surface area contributed by atoms with E-state index in [1.807, 2.05) is 20.8 Å². The Hall–Kier alpha value is -2.04. The number of carbonyl (C=O) groups excluding carboxylic acids is 2. The maximum Gasteiger partial charge on any atom is 0.310 e. The zero-order valence-electron chi connectivity index (χ0n) is 12.2. The van der Waals surface area contributed by atoms with Crippen LogP contribution in [0, 0.1) is 0 Å². The van der Waals surface area contributed by atoms with Crippen LogP contribution < -0.4 is 11.1 Å². The number of hydrogen-bond acceptors (Lipinski definition) is 4. The third kappa shape index (κ3) is 5.30. The van der Waals surface area contributed by atoms with Gasteiger partial charge in [0.05, 0.1) is 6.42 Å². The molecule has 0 saturated carbocycles. The van der Waals surface area contributed by atoms with Crippen LogP contribution in [0.25, 0.3) is 0 Å². The molecule has 0 saturated heterocycles. The molecule has 1 aromatic rings. The summed E-state index contributed by atoms with van der Waals surface area (Å²) in [5, 5.41) is 2.80. The van der Waals surface area contributed by atoms with Crippen LogP contribution in [0.4, 0.5) is 5.69 Å². The first-order valence-electron chi connectivity index (χ1n) is 6.64. The number of hydrogen-bond donors (Lipinski definition) is 2. The molecule has 0 bridgehead atoms. The fourth-order valence-corrected chi connectivity index (χ4v) is 1.55. The summed E-state index contributed by atoms with van der Waals surface area (Å²) in [6.07, 6.45) is 0.865. The molecule has 0 atom stereocenters. The molecular formula is C15H22N2O3. The zero-order valence-corrected chi connectivity index (χ0v) is 12.2. The van der Waals surface area contributed by atoms with Crippen LogP contribution >= 0.6 is 0 Å². The number of nitrogen functional groups attached to an aromatic ring is 1. The minimum atomic E-state index is -0.465. The van der Waals surface area contributed by atoms with E-state index in [2.05, 4.69) is 5.32 Å². The molecular weight excluding hydrogens is 256 g/mol.